The number of hydrogen-bond donors (Lipinski definition) is 1. The molecular weight excluding hydrogens is 212 g/mol. The highest BCUT2D eigenvalue weighted by Crippen LogP contribution is 2.36. The lowest BCUT2D eigenvalue weighted by Crippen LogP contribution is -2.48. The van der Waals surface area contributed by atoms with E-state index >= 15 is 0 Å². The van der Waals surface area contributed by atoms with E-state index in [0.717, 1.165) is 25.7 Å². The first-order valence-electron chi connectivity index (χ1n) is 6.89. The van der Waals surface area contributed by atoms with E-state index < -0.39 is 0 Å². The molecule has 0 heterocycles. The van der Waals surface area contributed by atoms with Gasteiger partial charge in [-0.05, 0) is 37.5 Å². The highest BCUT2D eigenvalue weighted by Gasteiger charge is 2.31. The Bertz CT molecular complexity index is 253. The molecule has 2 N–H and O–H groups in total. The van der Waals surface area contributed by atoms with Crippen molar-refractivity contribution in [2.45, 2.75) is 71.4 Å². The van der Waals surface area contributed by atoms with Gasteiger partial charge in [0.25, 0.3) is 0 Å². The van der Waals surface area contributed by atoms with Crippen LogP contribution in [0.1, 0.15) is 59.3 Å². The predicted molar refractivity (Wildman–Crippen MR) is 71.7 cm³/mol. The molecule has 1 fully saturated rings. The van der Waals surface area contributed by atoms with Crippen molar-refractivity contribution >= 4 is 5.91 Å². The highest BCUT2D eigenvalue weighted by atomic mass is 16.2. The Labute approximate surface area is 106 Å². The molecule has 0 aromatic rings. The van der Waals surface area contributed by atoms with Gasteiger partial charge in [-0.25, -0.2) is 0 Å². The van der Waals surface area contributed by atoms with Crippen LogP contribution in [0.3, 0.4) is 0 Å². The van der Waals surface area contributed by atoms with Crippen LogP contribution in [0.2, 0.25) is 0 Å². The van der Waals surface area contributed by atoms with Crippen LogP contribution < -0.4 is 5.73 Å². The van der Waals surface area contributed by atoms with Crippen LogP contribution in [0.4, 0.5) is 0 Å². The molecule has 3 heteroatoms. The summed E-state index contributed by atoms with van der Waals surface area (Å²) in [6, 6.07) is 0.0957. The summed E-state index contributed by atoms with van der Waals surface area (Å²) in [5.41, 5.74) is 6.35. The Kier molecular flexibility index (Phi) is 4.99. The SMILES string of the molecule is CCC[C@@H](N)C(=O)N(C)C1CCC(C)(C)CC1. The second-order valence-corrected chi connectivity index (χ2v) is 6.24. The molecule has 1 atom stereocenters. The molecule has 0 saturated heterocycles. The molecule has 0 bridgehead atoms. The Balaban J connectivity index is 2.48. The van der Waals surface area contributed by atoms with Gasteiger partial charge >= 0.3 is 0 Å². The second kappa shape index (κ2) is 5.85. The van der Waals surface area contributed by atoms with Gasteiger partial charge in [-0.1, -0.05) is 27.2 Å². The molecule has 1 amide bonds. The number of nitrogens with zero attached hydrogens (tertiary/aromatic N) is 1. The molecule has 0 unspecified atom stereocenters. The van der Waals surface area contributed by atoms with E-state index in [1.54, 1.807) is 0 Å². The zero-order valence-corrected chi connectivity index (χ0v) is 11.8. The minimum Gasteiger partial charge on any atom is -0.341 e. The van der Waals surface area contributed by atoms with Gasteiger partial charge < -0.3 is 10.6 Å². The van der Waals surface area contributed by atoms with Crippen molar-refractivity contribution in [3.05, 3.63) is 0 Å². The minimum atomic E-state index is -0.306. The zero-order chi connectivity index (χ0) is 13.1. The Morgan fingerprint density at radius 3 is 2.41 bits per heavy atom. The van der Waals surface area contributed by atoms with Gasteiger partial charge in [0.2, 0.25) is 5.91 Å². The van der Waals surface area contributed by atoms with Crippen molar-refractivity contribution in [2.24, 2.45) is 11.1 Å². The first kappa shape index (κ1) is 14.5. The average Bonchev–Trinajstić information content (AvgIpc) is 2.27. The number of carbonyl (C=O) groups is 1. The summed E-state index contributed by atoms with van der Waals surface area (Å²) in [7, 11) is 1.92. The summed E-state index contributed by atoms with van der Waals surface area (Å²) in [6.07, 6.45) is 6.42. The lowest BCUT2D eigenvalue weighted by atomic mass is 9.75. The van der Waals surface area contributed by atoms with Crippen molar-refractivity contribution in [1.29, 1.82) is 0 Å². The third-order valence-electron chi connectivity index (χ3n) is 4.12. The molecule has 1 aliphatic rings. The van der Waals surface area contributed by atoms with Gasteiger partial charge in [0.05, 0.1) is 6.04 Å². The van der Waals surface area contributed by atoms with Gasteiger partial charge in [-0.15, -0.1) is 0 Å². The predicted octanol–water partition coefficient (Wildman–Crippen LogP) is 2.54. The average molecular weight is 240 g/mol. The number of amides is 1. The number of hydrogen-bond acceptors (Lipinski definition) is 2. The summed E-state index contributed by atoms with van der Waals surface area (Å²) in [5.74, 6) is 0.122. The fraction of sp³-hybridized carbons (Fsp3) is 0.929. The summed E-state index contributed by atoms with van der Waals surface area (Å²) in [5, 5.41) is 0. The molecule has 0 aromatic heterocycles. The molecule has 17 heavy (non-hydrogen) atoms. The number of carbonyl (C=O) groups excluding carboxylic acids is 1. The molecular formula is C14H28N2O. The van der Waals surface area contributed by atoms with Crippen LogP contribution in [0.25, 0.3) is 0 Å². The van der Waals surface area contributed by atoms with E-state index in [9.17, 15) is 4.79 Å². The zero-order valence-electron chi connectivity index (χ0n) is 11.8. The van der Waals surface area contributed by atoms with Crippen LogP contribution >= 0.6 is 0 Å². The second-order valence-electron chi connectivity index (χ2n) is 6.24. The van der Waals surface area contributed by atoms with Gasteiger partial charge in [0, 0.05) is 13.1 Å². The highest BCUT2D eigenvalue weighted by molar-refractivity contribution is 5.81. The lowest BCUT2D eigenvalue weighted by molar-refractivity contribution is -0.134. The van der Waals surface area contributed by atoms with Crippen molar-refractivity contribution in [3.8, 4) is 0 Å². The molecule has 100 valence electrons. The first-order chi connectivity index (χ1) is 7.87. The third kappa shape index (κ3) is 3.98. The van der Waals surface area contributed by atoms with Crippen molar-refractivity contribution in [3.63, 3.8) is 0 Å². The smallest absolute Gasteiger partial charge is 0.239 e. The molecule has 0 radical (unpaired) electrons. The van der Waals surface area contributed by atoms with Gasteiger partial charge in [0.15, 0.2) is 0 Å². The largest absolute Gasteiger partial charge is 0.341 e. The number of likely N-dealkylation sites (N-methyl/N-ethyl adjacent to an activating group) is 1. The maximum Gasteiger partial charge on any atom is 0.239 e. The van der Waals surface area contributed by atoms with E-state index in [1.807, 2.05) is 11.9 Å². The number of nitrogens with two attached hydrogens (primary N) is 1. The molecule has 1 rings (SSSR count). The van der Waals surface area contributed by atoms with Crippen molar-refractivity contribution in [1.82, 2.24) is 4.90 Å². The van der Waals surface area contributed by atoms with E-state index in [2.05, 4.69) is 20.8 Å². The Hall–Kier alpha value is -0.570. The topological polar surface area (TPSA) is 46.3 Å². The Morgan fingerprint density at radius 1 is 1.41 bits per heavy atom. The van der Waals surface area contributed by atoms with Gasteiger partial charge in [-0.2, -0.15) is 0 Å². The Morgan fingerprint density at radius 2 is 1.94 bits per heavy atom. The maximum atomic E-state index is 12.1. The fourth-order valence-corrected chi connectivity index (χ4v) is 2.65. The van der Waals surface area contributed by atoms with Crippen LogP contribution in [-0.2, 0) is 4.79 Å². The molecule has 0 spiro atoms. The normalized spacial score (nSPS) is 22.2. The maximum absolute atomic E-state index is 12.1. The monoisotopic (exact) mass is 240 g/mol. The summed E-state index contributed by atoms with van der Waals surface area (Å²) in [6.45, 7) is 6.69. The van der Waals surface area contributed by atoms with Gasteiger partial charge in [0.1, 0.15) is 0 Å². The van der Waals surface area contributed by atoms with Crippen LogP contribution in [0.5, 0.6) is 0 Å². The lowest BCUT2D eigenvalue weighted by Gasteiger charge is -2.39. The standard InChI is InChI=1S/C14H28N2O/c1-5-6-12(15)13(17)16(4)11-7-9-14(2,3)10-8-11/h11-12H,5-10,15H2,1-4H3/t12-/m1/s1. The van der Waals surface area contributed by atoms with Crippen LogP contribution in [0.15, 0.2) is 0 Å². The quantitative estimate of drug-likeness (QED) is 0.821. The summed E-state index contributed by atoms with van der Waals surface area (Å²) in [4.78, 5) is 14.0. The van der Waals surface area contributed by atoms with Crippen LogP contribution in [0, 0.1) is 5.41 Å². The van der Waals surface area contributed by atoms with Gasteiger partial charge in [-0.3, -0.25) is 4.79 Å². The van der Waals surface area contributed by atoms with Crippen LogP contribution in [-0.4, -0.2) is 29.9 Å². The fourth-order valence-electron chi connectivity index (χ4n) is 2.65. The summed E-state index contributed by atoms with van der Waals surface area (Å²) >= 11 is 0. The van der Waals surface area contributed by atoms with E-state index in [0.29, 0.717) is 11.5 Å². The third-order valence-corrected chi connectivity index (χ3v) is 4.12. The number of rotatable bonds is 4. The molecule has 1 aliphatic carbocycles. The van der Waals surface area contributed by atoms with Crippen molar-refractivity contribution < 1.29 is 4.79 Å². The van der Waals surface area contributed by atoms with E-state index in [-0.39, 0.29) is 11.9 Å². The minimum absolute atomic E-state index is 0.122. The first-order valence-corrected chi connectivity index (χ1v) is 6.89. The molecule has 0 aliphatic heterocycles. The van der Waals surface area contributed by atoms with Crippen molar-refractivity contribution in [2.75, 3.05) is 7.05 Å². The molecule has 1 saturated carbocycles. The van der Waals surface area contributed by atoms with E-state index in [1.165, 1.54) is 12.8 Å². The van der Waals surface area contributed by atoms with E-state index in [4.69, 9.17) is 5.73 Å². The molecule has 3 nitrogen and oxygen atoms in total. The molecule has 0 aromatic carbocycles. The summed E-state index contributed by atoms with van der Waals surface area (Å²) < 4.78 is 0.